The van der Waals surface area contributed by atoms with Crippen molar-refractivity contribution in [1.82, 2.24) is 4.98 Å². The summed E-state index contributed by atoms with van der Waals surface area (Å²) in [5.74, 6) is 0.974. The molecule has 1 heterocycles. The van der Waals surface area contributed by atoms with Crippen LogP contribution in [0.2, 0.25) is 0 Å². The van der Waals surface area contributed by atoms with Gasteiger partial charge in [0.15, 0.2) is 0 Å². The highest BCUT2D eigenvalue weighted by Gasteiger charge is 2.30. The zero-order chi connectivity index (χ0) is 16.2. The smallest absolute Gasteiger partial charge is 0.417 e. The van der Waals surface area contributed by atoms with Crippen LogP contribution in [0.15, 0.2) is 41.6 Å². The average Bonchev–Trinajstić information content (AvgIpc) is 2.48. The quantitative estimate of drug-likeness (QED) is 0.689. The maximum absolute atomic E-state index is 12.4. The first-order valence-electron chi connectivity index (χ1n) is 6.37. The van der Waals surface area contributed by atoms with E-state index < -0.39 is 11.7 Å². The third-order valence-electron chi connectivity index (χ3n) is 2.95. The van der Waals surface area contributed by atoms with Crippen LogP contribution in [-0.4, -0.2) is 18.3 Å². The number of aryl methyl sites for hydroxylation is 1. The second kappa shape index (κ2) is 6.46. The number of anilines is 1. The molecule has 0 atom stereocenters. The minimum absolute atomic E-state index is 0.232. The number of benzene rings is 1. The first-order chi connectivity index (χ1) is 10.4. The van der Waals surface area contributed by atoms with Crippen LogP contribution in [0, 0.1) is 6.92 Å². The number of methoxy groups -OCH3 is 1. The summed E-state index contributed by atoms with van der Waals surface area (Å²) < 4.78 is 42.3. The Hall–Kier alpha value is -2.57. The van der Waals surface area contributed by atoms with Gasteiger partial charge in [0.05, 0.1) is 18.9 Å². The van der Waals surface area contributed by atoms with E-state index in [0.717, 1.165) is 29.1 Å². The molecule has 116 valence electrons. The number of ether oxygens (including phenoxy) is 1. The Kier molecular flexibility index (Phi) is 4.65. The van der Waals surface area contributed by atoms with Crippen molar-refractivity contribution in [2.24, 2.45) is 5.10 Å². The second-order valence-electron chi connectivity index (χ2n) is 4.52. The SMILES string of the molecule is COc1ccc(/C=N\Nc2ccc(C(F)(F)F)cn2)c(C)c1. The van der Waals surface area contributed by atoms with Gasteiger partial charge in [0, 0.05) is 6.20 Å². The lowest BCUT2D eigenvalue weighted by Crippen LogP contribution is -2.05. The van der Waals surface area contributed by atoms with Crippen molar-refractivity contribution >= 4 is 12.0 Å². The molecule has 2 aromatic rings. The van der Waals surface area contributed by atoms with Gasteiger partial charge >= 0.3 is 6.18 Å². The molecule has 1 aromatic heterocycles. The molecule has 22 heavy (non-hydrogen) atoms. The van der Waals surface area contributed by atoms with Crippen LogP contribution < -0.4 is 10.2 Å². The molecule has 7 heteroatoms. The molecule has 0 amide bonds. The van der Waals surface area contributed by atoms with Crippen molar-refractivity contribution in [2.45, 2.75) is 13.1 Å². The summed E-state index contributed by atoms with van der Waals surface area (Å²) in [4.78, 5) is 3.66. The lowest BCUT2D eigenvalue weighted by Gasteiger charge is -2.06. The highest BCUT2D eigenvalue weighted by atomic mass is 19.4. The van der Waals surface area contributed by atoms with Gasteiger partial charge in [0.2, 0.25) is 0 Å². The summed E-state index contributed by atoms with van der Waals surface area (Å²) in [6.07, 6.45) is -2.07. The minimum Gasteiger partial charge on any atom is -0.497 e. The zero-order valence-corrected chi connectivity index (χ0v) is 12.0. The van der Waals surface area contributed by atoms with Gasteiger partial charge in [-0.25, -0.2) is 4.98 Å². The molecule has 1 aromatic carbocycles. The maximum atomic E-state index is 12.4. The van der Waals surface area contributed by atoms with Crippen LogP contribution in [0.5, 0.6) is 5.75 Å². The monoisotopic (exact) mass is 309 g/mol. The second-order valence-corrected chi connectivity index (χ2v) is 4.52. The van der Waals surface area contributed by atoms with E-state index in [9.17, 15) is 13.2 Å². The molecule has 0 saturated carbocycles. The van der Waals surface area contributed by atoms with Crippen molar-refractivity contribution < 1.29 is 17.9 Å². The Morgan fingerprint density at radius 1 is 1.23 bits per heavy atom. The molecule has 1 N–H and O–H groups in total. The van der Waals surface area contributed by atoms with Crippen LogP contribution >= 0.6 is 0 Å². The normalized spacial score (nSPS) is 11.7. The summed E-state index contributed by atoms with van der Waals surface area (Å²) in [7, 11) is 1.58. The molecule has 4 nitrogen and oxygen atoms in total. The van der Waals surface area contributed by atoms with E-state index in [0.29, 0.717) is 0 Å². The predicted octanol–water partition coefficient (Wildman–Crippen LogP) is 3.86. The Bertz CT molecular complexity index is 667. The van der Waals surface area contributed by atoms with Crippen LogP contribution in [0.4, 0.5) is 19.0 Å². The van der Waals surface area contributed by atoms with E-state index in [1.807, 2.05) is 19.1 Å². The number of hydrazone groups is 1. The third-order valence-corrected chi connectivity index (χ3v) is 2.95. The Morgan fingerprint density at radius 3 is 2.55 bits per heavy atom. The summed E-state index contributed by atoms with van der Waals surface area (Å²) in [6.45, 7) is 1.90. The van der Waals surface area contributed by atoms with E-state index in [-0.39, 0.29) is 5.82 Å². The molecule has 0 aliphatic rings. The Balaban J connectivity index is 2.03. The molecule has 0 spiro atoms. The van der Waals surface area contributed by atoms with Crippen molar-refractivity contribution in [1.29, 1.82) is 0 Å². The van der Waals surface area contributed by atoms with E-state index in [1.54, 1.807) is 19.4 Å². The summed E-state index contributed by atoms with van der Waals surface area (Å²) >= 11 is 0. The molecule has 0 unspecified atom stereocenters. The van der Waals surface area contributed by atoms with Gasteiger partial charge in [0.1, 0.15) is 11.6 Å². The van der Waals surface area contributed by atoms with E-state index in [1.165, 1.54) is 6.07 Å². The number of halogens is 3. The van der Waals surface area contributed by atoms with E-state index in [4.69, 9.17) is 4.74 Å². The predicted molar refractivity (Wildman–Crippen MR) is 78.2 cm³/mol. The fourth-order valence-corrected chi connectivity index (χ4v) is 1.72. The molecular formula is C15H14F3N3O. The maximum Gasteiger partial charge on any atom is 0.417 e. The van der Waals surface area contributed by atoms with Crippen molar-refractivity contribution in [3.63, 3.8) is 0 Å². The first kappa shape index (κ1) is 15.8. The van der Waals surface area contributed by atoms with Gasteiger partial charge in [-0.2, -0.15) is 18.3 Å². The third kappa shape index (κ3) is 3.97. The highest BCUT2D eigenvalue weighted by molar-refractivity contribution is 5.82. The topological polar surface area (TPSA) is 46.5 Å². The van der Waals surface area contributed by atoms with Crippen molar-refractivity contribution in [3.05, 3.63) is 53.2 Å². The molecule has 0 radical (unpaired) electrons. The van der Waals surface area contributed by atoms with Gasteiger partial charge in [-0.1, -0.05) is 0 Å². The van der Waals surface area contributed by atoms with Crippen LogP contribution in [0.1, 0.15) is 16.7 Å². The Morgan fingerprint density at radius 2 is 2.00 bits per heavy atom. The molecule has 0 bridgehead atoms. The van der Waals surface area contributed by atoms with Gasteiger partial charge < -0.3 is 4.74 Å². The number of rotatable bonds is 4. The van der Waals surface area contributed by atoms with Gasteiger partial charge in [-0.05, 0) is 48.4 Å². The molecule has 0 aliphatic heterocycles. The number of nitrogens with one attached hydrogen (secondary N) is 1. The van der Waals surface area contributed by atoms with Crippen LogP contribution in [0.25, 0.3) is 0 Å². The Labute approximate surface area is 125 Å². The lowest BCUT2D eigenvalue weighted by molar-refractivity contribution is -0.137. The van der Waals surface area contributed by atoms with Crippen molar-refractivity contribution in [2.75, 3.05) is 12.5 Å². The highest BCUT2D eigenvalue weighted by Crippen LogP contribution is 2.28. The summed E-state index contributed by atoms with van der Waals surface area (Å²) in [6, 6.07) is 7.66. The zero-order valence-electron chi connectivity index (χ0n) is 12.0. The number of hydrogen-bond donors (Lipinski definition) is 1. The number of alkyl halides is 3. The molecule has 0 saturated heterocycles. The minimum atomic E-state index is -4.39. The van der Waals surface area contributed by atoms with Gasteiger partial charge in [-0.15, -0.1) is 0 Å². The molecular weight excluding hydrogens is 295 g/mol. The van der Waals surface area contributed by atoms with Crippen LogP contribution in [0.3, 0.4) is 0 Å². The number of hydrogen-bond acceptors (Lipinski definition) is 4. The van der Waals surface area contributed by atoms with Crippen molar-refractivity contribution in [3.8, 4) is 5.75 Å². The summed E-state index contributed by atoms with van der Waals surface area (Å²) in [5.41, 5.74) is 3.61. The fourth-order valence-electron chi connectivity index (χ4n) is 1.72. The lowest BCUT2D eigenvalue weighted by atomic mass is 10.1. The average molecular weight is 309 g/mol. The van der Waals surface area contributed by atoms with Gasteiger partial charge in [-0.3, -0.25) is 5.43 Å². The fraction of sp³-hybridized carbons (Fsp3) is 0.200. The molecule has 0 fully saturated rings. The number of nitrogens with zero attached hydrogens (tertiary/aromatic N) is 2. The number of pyridine rings is 1. The van der Waals surface area contributed by atoms with E-state index >= 15 is 0 Å². The number of aromatic nitrogens is 1. The molecule has 0 aliphatic carbocycles. The summed E-state index contributed by atoms with van der Waals surface area (Å²) in [5, 5.41) is 3.96. The first-order valence-corrected chi connectivity index (χ1v) is 6.37. The molecule has 2 rings (SSSR count). The van der Waals surface area contributed by atoms with Gasteiger partial charge in [0.25, 0.3) is 0 Å². The largest absolute Gasteiger partial charge is 0.497 e. The van der Waals surface area contributed by atoms with E-state index in [2.05, 4.69) is 15.5 Å². The van der Waals surface area contributed by atoms with Crippen LogP contribution in [-0.2, 0) is 6.18 Å². The standard InChI is InChI=1S/C15H14F3N3O/c1-10-7-13(22-2)5-3-11(10)8-20-21-14-6-4-12(9-19-14)15(16,17)18/h3-9H,1-2H3,(H,19,21)/b20-8-.